The van der Waals surface area contributed by atoms with Crippen molar-refractivity contribution in [3.63, 3.8) is 0 Å². The van der Waals surface area contributed by atoms with Crippen LogP contribution in [0.4, 0.5) is 11.4 Å². The summed E-state index contributed by atoms with van der Waals surface area (Å²) in [6.45, 7) is 5.07. The third-order valence-corrected chi connectivity index (χ3v) is 4.08. The largest absolute Gasteiger partial charge is 0.480 e. The van der Waals surface area contributed by atoms with Gasteiger partial charge in [-0.15, -0.1) is 0 Å². The zero-order valence-electron chi connectivity index (χ0n) is 15.6. The monoisotopic (exact) mass is 360 g/mol. The molecule has 0 saturated carbocycles. The first kappa shape index (κ1) is 19.5. The average molecular weight is 360 g/mol. The summed E-state index contributed by atoms with van der Waals surface area (Å²) in [5.41, 5.74) is 0.380. The van der Waals surface area contributed by atoms with Gasteiger partial charge in [-0.1, -0.05) is 13.8 Å². The van der Waals surface area contributed by atoms with Gasteiger partial charge in [0.25, 0.3) is 0 Å². The minimum absolute atomic E-state index is 0.121. The number of anilines is 2. The summed E-state index contributed by atoms with van der Waals surface area (Å²) in [4.78, 5) is 37.9. The Balaban J connectivity index is 2.70. The van der Waals surface area contributed by atoms with E-state index in [2.05, 4.69) is 5.32 Å². The lowest BCUT2D eigenvalue weighted by atomic mass is 10.0. The van der Waals surface area contributed by atoms with Crippen molar-refractivity contribution >= 4 is 34.1 Å². The first-order valence-electron chi connectivity index (χ1n) is 8.40. The van der Waals surface area contributed by atoms with Crippen molar-refractivity contribution < 1.29 is 19.1 Å². The average Bonchev–Trinajstić information content (AvgIpc) is 2.52. The van der Waals surface area contributed by atoms with Crippen LogP contribution in [0.15, 0.2) is 27.4 Å². The molecular formula is C19H24N2O5. The fourth-order valence-corrected chi connectivity index (χ4v) is 2.80. The second-order valence-electron chi connectivity index (χ2n) is 6.94. The molecule has 0 radical (unpaired) electrons. The van der Waals surface area contributed by atoms with Gasteiger partial charge >= 0.3 is 11.6 Å². The van der Waals surface area contributed by atoms with E-state index in [0.717, 1.165) is 5.69 Å². The molecule has 1 aromatic heterocycles. The van der Waals surface area contributed by atoms with E-state index in [-0.39, 0.29) is 17.2 Å². The van der Waals surface area contributed by atoms with Crippen LogP contribution in [-0.4, -0.2) is 37.0 Å². The molecular weight excluding hydrogens is 336 g/mol. The zero-order valence-corrected chi connectivity index (χ0v) is 15.6. The SMILES string of the molecule is CC(=O)c1c(N[C@@H](CC(C)C)C(=O)O)c2ccc(N(C)C)cc2oc1=O. The normalized spacial score (nSPS) is 12.2. The number of rotatable bonds is 7. The molecule has 2 N–H and O–H groups in total. The minimum Gasteiger partial charge on any atom is -0.480 e. The Morgan fingerprint density at radius 3 is 2.42 bits per heavy atom. The summed E-state index contributed by atoms with van der Waals surface area (Å²) in [5, 5.41) is 12.9. The van der Waals surface area contributed by atoms with Crippen LogP contribution in [-0.2, 0) is 4.79 Å². The molecule has 2 rings (SSSR count). The van der Waals surface area contributed by atoms with Gasteiger partial charge in [0.1, 0.15) is 17.2 Å². The first-order chi connectivity index (χ1) is 12.1. The molecule has 7 nitrogen and oxygen atoms in total. The number of aliphatic carboxylic acids is 1. The molecule has 1 heterocycles. The van der Waals surface area contributed by atoms with Gasteiger partial charge in [0, 0.05) is 31.2 Å². The molecule has 2 aromatic rings. The van der Waals surface area contributed by atoms with Crippen molar-refractivity contribution in [3.8, 4) is 0 Å². The number of hydrogen-bond donors (Lipinski definition) is 2. The van der Waals surface area contributed by atoms with Gasteiger partial charge in [-0.2, -0.15) is 0 Å². The molecule has 0 spiro atoms. The van der Waals surface area contributed by atoms with Gasteiger partial charge in [-0.25, -0.2) is 9.59 Å². The smallest absolute Gasteiger partial charge is 0.349 e. The number of carboxylic acid groups (broad SMARTS) is 1. The molecule has 7 heteroatoms. The predicted molar refractivity (Wildman–Crippen MR) is 101 cm³/mol. The Morgan fingerprint density at radius 2 is 1.92 bits per heavy atom. The Labute approximate surface area is 151 Å². The summed E-state index contributed by atoms with van der Waals surface area (Å²) < 4.78 is 5.32. The van der Waals surface area contributed by atoms with E-state index in [0.29, 0.717) is 17.4 Å². The predicted octanol–water partition coefficient (Wildman–Crippen LogP) is 2.97. The van der Waals surface area contributed by atoms with Crippen molar-refractivity contribution in [1.82, 2.24) is 0 Å². The Bertz CT molecular complexity index is 899. The fraction of sp³-hybridized carbons (Fsp3) is 0.421. The standard InChI is InChI=1S/C19H24N2O5/c1-10(2)8-14(18(23)24)20-17-13-7-6-12(21(4)5)9-15(13)26-19(25)16(17)11(3)22/h6-7,9-10,14,20H,8H2,1-5H3,(H,23,24)/t14-/m0/s1. The quantitative estimate of drug-likeness (QED) is 0.578. The summed E-state index contributed by atoms with van der Waals surface area (Å²) in [5.74, 6) is -1.40. The highest BCUT2D eigenvalue weighted by Gasteiger charge is 2.25. The molecule has 140 valence electrons. The number of Topliss-reactive ketones (excluding diaryl/α,β-unsaturated/α-hetero) is 1. The van der Waals surface area contributed by atoms with Gasteiger partial charge in [0.2, 0.25) is 0 Å². The number of carbonyl (C=O) groups excluding carboxylic acids is 1. The molecule has 1 atom stereocenters. The number of nitrogens with one attached hydrogen (secondary N) is 1. The Kier molecular flexibility index (Phi) is 5.69. The van der Waals surface area contributed by atoms with Crippen LogP contribution in [0, 0.1) is 5.92 Å². The second-order valence-corrected chi connectivity index (χ2v) is 6.94. The van der Waals surface area contributed by atoms with Crippen LogP contribution in [0.5, 0.6) is 0 Å². The van der Waals surface area contributed by atoms with Crippen molar-refractivity contribution in [3.05, 3.63) is 34.2 Å². The maximum atomic E-state index is 12.4. The molecule has 0 aliphatic carbocycles. The van der Waals surface area contributed by atoms with Crippen LogP contribution in [0.1, 0.15) is 37.6 Å². The minimum atomic E-state index is -1.04. The second kappa shape index (κ2) is 7.59. The highest BCUT2D eigenvalue weighted by Crippen LogP contribution is 2.30. The van der Waals surface area contributed by atoms with Crippen LogP contribution in [0.25, 0.3) is 11.0 Å². The van der Waals surface area contributed by atoms with E-state index in [4.69, 9.17) is 4.42 Å². The summed E-state index contributed by atoms with van der Waals surface area (Å²) in [6.07, 6.45) is 0.351. The van der Waals surface area contributed by atoms with E-state index in [1.807, 2.05) is 38.9 Å². The zero-order chi connectivity index (χ0) is 19.6. The van der Waals surface area contributed by atoms with Crippen molar-refractivity contribution in [2.24, 2.45) is 5.92 Å². The lowest BCUT2D eigenvalue weighted by Crippen LogP contribution is -2.32. The van der Waals surface area contributed by atoms with Gasteiger partial charge in [0.05, 0.1) is 5.69 Å². The fourth-order valence-electron chi connectivity index (χ4n) is 2.80. The number of carboxylic acids is 1. The number of ketones is 1. The van der Waals surface area contributed by atoms with Crippen LogP contribution < -0.4 is 15.8 Å². The van der Waals surface area contributed by atoms with Crippen LogP contribution in [0.3, 0.4) is 0 Å². The molecule has 1 aromatic carbocycles. The lowest BCUT2D eigenvalue weighted by Gasteiger charge is -2.20. The Morgan fingerprint density at radius 1 is 1.27 bits per heavy atom. The van der Waals surface area contributed by atoms with Gasteiger partial charge in [0.15, 0.2) is 5.78 Å². The summed E-state index contributed by atoms with van der Waals surface area (Å²) in [6, 6.07) is 4.29. The molecule has 0 aliphatic heterocycles. The summed E-state index contributed by atoms with van der Waals surface area (Å²) in [7, 11) is 3.71. The van der Waals surface area contributed by atoms with Crippen molar-refractivity contribution in [2.45, 2.75) is 33.2 Å². The number of fused-ring (bicyclic) bond motifs is 1. The van der Waals surface area contributed by atoms with E-state index >= 15 is 0 Å². The molecule has 0 unspecified atom stereocenters. The molecule has 0 aliphatic rings. The molecule has 0 amide bonds. The van der Waals surface area contributed by atoms with E-state index < -0.39 is 23.4 Å². The van der Waals surface area contributed by atoms with Crippen LogP contribution in [0.2, 0.25) is 0 Å². The number of hydrogen-bond acceptors (Lipinski definition) is 6. The topological polar surface area (TPSA) is 99.8 Å². The highest BCUT2D eigenvalue weighted by atomic mass is 16.4. The van der Waals surface area contributed by atoms with E-state index in [1.165, 1.54) is 6.92 Å². The maximum absolute atomic E-state index is 12.4. The third kappa shape index (κ3) is 4.04. The molecule has 0 saturated heterocycles. The van der Waals surface area contributed by atoms with Crippen molar-refractivity contribution in [2.75, 3.05) is 24.3 Å². The maximum Gasteiger partial charge on any atom is 0.349 e. The van der Waals surface area contributed by atoms with E-state index in [1.54, 1.807) is 12.1 Å². The lowest BCUT2D eigenvalue weighted by molar-refractivity contribution is -0.138. The van der Waals surface area contributed by atoms with E-state index in [9.17, 15) is 19.5 Å². The molecule has 26 heavy (non-hydrogen) atoms. The van der Waals surface area contributed by atoms with Crippen molar-refractivity contribution in [1.29, 1.82) is 0 Å². The Hall–Kier alpha value is -2.83. The molecule has 0 fully saturated rings. The van der Waals surface area contributed by atoms with Gasteiger partial charge in [-0.05, 0) is 31.4 Å². The van der Waals surface area contributed by atoms with Gasteiger partial charge < -0.3 is 19.7 Å². The number of nitrogens with zero attached hydrogens (tertiary/aromatic N) is 1. The third-order valence-electron chi connectivity index (χ3n) is 4.08. The summed E-state index contributed by atoms with van der Waals surface area (Å²) >= 11 is 0. The number of carbonyl (C=O) groups is 2. The molecule has 0 bridgehead atoms. The number of benzene rings is 1. The van der Waals surface area contributed by atoms with Gasteiger partial charge in [-0.3, -0.25) is 4.79 Å². The first-order valence-corrected chi connectivity index (χ1v) is 8.40. The van der Waals surface area contributed by atoms with Crippen LogP contribution >= 0.6 is 0 Å². The highest BCUT2D eigenvalue weighted by molar-refractivity contribution is 6.07.